The Balaban J connectivity index is 1.47. The van der Waals surface area contributed by atoms with Gasteiger partial charge in [-0.2, -0.15) is 5.10 Å². The summed E-state index contributed by atoms with van der Waals surface area (Å²) >= 11 is 1.65. The molecule has 3 heterocycles. The smallest absolute Gasteiger partial charge is 0.226 e. The summed E-state index contributed by atoms with van der Waals surface area (Å²) in [5.41, 5.74) is 6.38. The first-order valence-corrected chi connectivity index (χ1v) is 10.8. The zero-order chi connectivity index (χ0) is 19.8. The molecule has 28 heavy (non-hydrogen) atoms. The van der Waals surface area contributed by atoms with Crippen LogP contribution in [0.15, 0.2) is 0 Å². The van der Waals surface area contributed by atoms with Crippen molar-refractivity contribution in [3.63, 3.8) is 0 Å². The molecule has 0 saturated heterocycles. The molecular formula is C21H27N5OS. The van der Waals surface area contributed by atoms with Crippen molar-refractivity contribution in [1.82, 2.24) is 19.7 Å². The summed E-state index contributed by atoms with van der Waals surface area (Å²) in [6.07, 6.45) is 6.94. The lowest BCUT2D eigenvalue weighted by atomic mass is 9.99. The third-order valence-electron chi connectivity index (χ3n) is 5.67. The largest absolute Gasteiger partial charge is 0.302 e. The highest BCUT2D eigenvalue weighted by Gasteiger charge is 2.18. The molecule has 0 unspecified atom stereocenters. The average molecular weight is 398 g/mol. The molecule has 1 aliphatic rings. The van der Waals surface area contributed by atoms with Crippen LogP contribution in [0.1, 0.15) is 58.8 Å². The van der Waals surface area contributed by atoms with Gasteiger partial charge in [-0.3, -0.25) is 9.48 Å². The first-order chi connectivity index (χ1) is 13.4. The van der Waals surface area contributed by atoms with Crippen LogP contribution in [-0.2, 0) is 31.1 Å². The summed E-state index contributed by atoms with van der Waals surface area (Å²) in [5.74, 6) is 0.0192. The van der Waals surface area contributed by atoms with E-state index >= 15 is 0 Å². The second-order valence-electron chi connectivity index (χ2n) is 7.71. The number of anilines is 1. The lowest BCUT2D eigenvalue weighted by molar-refractivity contribution is -0.116. The number of amides is 1. The van der Waals surface area contributed by atoms with E-state index in [4.69, 9.17) is 4.98 Å². The SMILES string of the molecule is Cc1nc2c(c(C)nn2C)c(C)c1CCC(=O)Nc1nc2c(s1)CCCCC2. The maximum atomic E-state index is 12.5. The normalized spacial score (nSPS) is 14.1. The Morgan fingerprint density at radius 2 is 1.89 bits per heavy atom. The highest BCUT2D eigenvalue weighted by Crippen LogP contribution is 2.29. The van der Waals surface area contributed by atoms with Crippen molar-refractivity contribution < 1.29 is 4.79 Å². The van der Waals surface area contributed by atoms with E-state index in [-0.39, 0.29) is 5.91 Å². The van der Waals surface area contributed by atoms with Gasteiger partial charge in [-0.25, -0.2) is 9.97 Å². The van der Waals surface area contributed by atoms with Crippen LogP contribution in [0.2, 0.25) is 0 Å². The van der Waals surface area contributed by atoms with Gasteiger partial charge in [0.1, 0.15) is 0 Å². The van der Waals surface area contributed by atoms with Crippen LogP contribution in [0, 0.1) is 20.8 Å². The summed E-state index contributed by atoms with van der Waals surface area (Å²) in [6.45, 7) is 6.13. The van der Waals surface area contributed by atoms with E-state index in [9.17, 15) is 4.79 Å². The van der Waals surface area contributed by atoms with Gasteiger partial charge in [-0.05, 0) is 64.0 Å². The lowest BCUT2D eigenvalue weighted by Gasteiger charge is -2.11. The monoisotopic (exact) mass is 397 g/mol. The Morgan fingerprint density at radius 3 is 2.71 bits per heavy atom. The van der Waals surface area contributed by atoms with Gasteiger partial charge in [0.15, 0.2) is 10.8 Å². The number of aryl methyl sites for hydroxylation is 6. The van der Waals surface area contributed by atoms with Crippen LogP contribution in [0.3, 0.4) is 0 Å². The molecule has 0 spiro atoms. The summed E-state index contributed by atoms with van der Waals surface area (Å²) in [7, 11) is 1.92. The van der Waals surface area contributed by atoms with Gasteiger partial charge >= 0.3 is 0 Å². The molecule has 7 heteroatoms. The van der Waals surface area contributed by atoms with Crippen molar-refractivity contribution in [1.29, 1.82) is 0 Å². The second-order valence-corrected chi connectivity index (χ2v) is 8.79. The van der Waals surface area contributed by atoms with E-state index in [1.54, 1.807) is 11.3 Å². The Morgan fingerprint density at radius 1 is 1.11 bits per heavy atom. The minimum Gasteiger partial charge on any atom is -0.302 e. The summed E-state index contributed by atoms with van der Waals surface area (Å²) in [6, 6.07) is 0. The van der Waals surface area contributed by atoms with E-state index in [2.05, 4.69) is 22.3 Å². The Kier molecular flexibility index (Phi) is 5.19. The highest BCUT2D eigenvalue weighted by atomic mass is 32.1. The van der Waals surface area contributed by atoms with Crippen molar-refractivity contribution in [2.24, 2.45) is 7.05 Å². The molecule has 148 valence electrons. The third-order valence-corrected chi connectivity index (χ3v) is 6.75. The van der Waals surface area contributed by atoms with Gasteiger partial charge in [0, 0.05) is 29.4 Å². The fourth-order valence-corrected chi connectivity index (χ4v) is 5.30. The van der Waals surface area contributed by atoms with Crippen molar-refractivity contribution in [3.8, 4) is 0 Å². The first kappa shape index (κ1) is 19.1. The Bertz CT molecular complexity index is 1030. The van der Waals surface area contributed by atoms with E-state index in [1.165, 1.54) is 35.4 Å². The molecule has 0 aliphatic heterocycles. The van der Waals surface area contributed by atoms with Gasteiger partial charge < -0.3 is 5.32 Å². The number of pyridine rings is 1. The number of hydrogen-bond donors (Lipinski definition) is 1. The van der Waals surface area contributed by atoms with Crippen molar-refractivity contribution in [2.45, 2.75) is 65.7 Å². The minimum atomic E-state index is 0.0192. The number of rotatable bonds is 4. The second kappa shape index (κ2) is 7.62. The fraction of sp³-hybridized carbons (Fsp3) is 0.524. The van der Waals surface area contributed by atoms with Gasteiger partial charge in [0.05, 0.1) is 11.4 Å². The first-order valence-electron chi connectivity index (χ1n) is 10.0. The Labute approximate surface area is 169 Å². The lowest BCUT2D eigenvalue weighted by Crippen LogP contribution is -2.13. The predicted molar refractivity (Wildman–Crippen MR) is 113 cm³/mol. The maximum absolute atomic E-state index is 12.5. The van der Waals surface area contributed by atoms with Crippen LogP contribution in [0.5, 0.6) is 0 Å². The van der Waals surface area contributed by atoms with Gasteiger partial charge in [0.25, 0.3) is 0 Å². The van der Waals surface area contributed by atoms with Gasteiger partial charge in [0.2, 0.25) is 5.91 Å². The number of carbonyl (C=O) groups excluding carboxylic acids is 1. The summed E-state index contributed by atoms with van der Waals surface area (Å²) < 4.78 is 1.83. The van der Waals surface area contributed by atoms with E-state index in [1.807, 2.05) is 25.6 Å². The fourth-order valence-electron chi connectivity index (χ4n) is 4.23. The third kappa shape index (κ3) is 3.55. The molecule has 0 fully saturated rings. The minimum absolute atomic E-state index is 0.0192. The molecule has 0 bridgehead atoms. The van der Waals surface area contributed by atoms with E-state index in [0.29, 0.717) is 12.8 Å². The van der Waals surface area contributed by atoms with Crippen LogP contribution in [0.25, 0.3) is 11.0 Å². The molecule has 0 saturated carbocycles. The molecular weight excluding hydrogens is 370 g/mol. The molecule has 1 N–H and O–H groups in total. The molecule has 1 aliphatic carbocycles. The number of hydrogen-bond acceptors (Lipinski definition) is 5. The number of carbonyl (C=O) groups is 1. The van der Waals surface area contributed by atoms with Crippen molar-refractivity contribution in [3.05, 3.63) is 33.1 Å². The molecule has 3 aromatic rings. The van der Waals surface area contributed by atoms with Gasteiger partial charge in [-0.1, -0.05) is 6.42 Å². The molecule has 6 nitrogen and oxygen atoms in total. The van der Waals surface area contributed by atoms with E-state index in [0.717, 1.165) is 46.0 Å². The number of thiazole rings is 1. The summed E-state index contributed by atoms with van der Waals surface area (Å²) in [4.78, 5) is 23.3. The molecule has 3 aromatic heterocycles. The van der Waals surface area contributed by atoms with Crippen LogP contribution >= 0.6 is 11.3 Å². The van der Waals surface area contributed by atoms with Crippen molar-refractivity contribution >= 4 is 33.4 Å². The topological polar surface area (TPSA) is 72.7 Å². The predicted octanol–water partition coefficient (Wildman–Crippen LogP) is 4.19. The summed E-state index contributed by atoms with van der Waals surface area (Å²) in [5, 5.41) is 9.36. The number of aromatic nitrogens is 4. The standard InChI is InChI=1S/C21H27N5OS/c1-12-15(13(2)22-20-19(12)14(3)25-26(20)4)10-11-18(27)24-21-23-16-8-6-5-7-9-17(16)28-21/h5-11H2,1-4H3,(H,23,24,27). The van der Waals surface area contributed by atoms with Gasteiger partial charge in [-0.15, -0.1) is 11.3 Å². The highest BCUT2D eigenvalue weighted by molar-refractivity contribution is 7.15. The van der Waals surface area contributed by atoms with E-state index < -0.39 is 0 Å². The van der Waals surface area contributed by atoms with Crippen LogP contribution in [-0.4, -0.2) is 25.7 Å². The molecule has 0 aromatic carbocycles. The zero-order valence-electron chi connectivity index (χ0n) is 17.1. The number of nitrogens with one attached hydrogen (secondary N) is 1. The molecule has 0 atom stereocenters. The molecule has 1 amide bonds. The number of fused-ring (bicyclic) bond motifs is 2. The zero-order valence-corrected chi connectivity index (χ0v) is 17.9. The quantitative estimate of drug-likeness (QED) is 0.670. The number of nitrogens with zero attached hydrogens (tertiary/aromatic N) is 4. The Hall–Kier alpha value is -2.28. The van der Waals surface area contributed by atoms with Crippen molar-refractivity contribution in [2.75, 3.05) is 5.32 Å². The van der Waals surface area contributed by atoms with Crippen LogP contribution in [0.4, 0.5) is 5.13 Å². The molecule has 0 radical (unpaired) electrons. The average Bonchev–Trinajstić information content (AvgIpc) is 3.05. The molecule has 4 rings (SSSR count). The maximum Gasteiger partial charge on any atom is 0.226 e. The van der Waals surface area contributed by atoms with Crippen LogP contribution < -0.4 is 5.32 Å².